The number of benzene rings is 2. The van der Waals surface area contributed by atoms with Gasteiger partial charge in [-0.25, -0.2) is 4.39 Å². The van der Waals surface area contributed by atoms with E-state index in [1.165, 1.54) is 23.9 Å². The molecule has 0 aliphatic heterocycles. The molecule has 0 unspecified atom stereocenters. The van der Waals surface area contributed by atoms with Gasteiger partial charge in [-0.15, -0.1) is 11.8 Å². The maximum Gasteiger partial charge on any atom is 0.234 e. The first-order valence-corrected chi connectivity index (χ1v) is 7.62. The van der Waals surface area contributed by atoms with E-state index in [4.69, 9.17) is 28.9 Å². The van der Waals surface area contributed by atoms with Gasteiger partial charge in [0.15, 0.2) is 0 Å². The molecule has 0 aliphatic rings. The molecule has 0 saturated carbocycles. The van der Waals surface area contributed by atoms with Crippen LogP contribution in [0.2, 0.25) is 10.0 Å². The van der Waals surface area contributed by atoms with E-state index in [-0.39, 0.29) is 16.7 Å². The van der Waals surface area contributed by atoms with Gasteiger partial charge in [0.2, 0.25) is 5.91 Å². The Bertz CT molecular complexity index is 682. The van der Waals surface area contributed by atoms with E-state index in [2.05, 4.69) is 5.32 Å². The maximum atomic E-state index is 12.9. The van der Waals surface area contributed by atoms with Crippen LogP contribution in [0.1, 0.15) is 0 Å². The van der Waals surface area contributed by atoms with Crippen molar-refractivity contribution in [3.8, 4) is 0 Å². The van der Waals surface area contributed by atoms with Crippen molar-refractivity contribution in [2.24, 2.45) is 0 Å². The number of carbonyl (C=O) groups excluding carboxylic acids is 1. The van der Waals surface area contributed by atoms with Crippen LogP contribution in [0.5, 0.6) is 0 Å². The molecule has 0 radical (unpaired) electrons. The predicted molar refractivity (Wildman–Crippen MR) is 86.6 cm³/mol. The number of halogens is 3. The van der Waals surface area contributed by atoms with Crippen molar-refractivity contribution in [3.05, 3.63) is 52.3 Å². The molecule has 21 heavy (non-hydrogen) atoms. The minimum absolute atomic E-state index is 0.150. The number of carbonyl (C=O) groups is 1. The Labute approximate surface area is 135 Å². The predicted octanol–water partition coefficient (Wildman–Crippen LogP) is 4.45. The summed E-state index contributed by atoms with van der Waals surface area (Å²) in [6.45, 7) is 0. The number of hydrogen-bond donors (Lipinski definition) is 2. The summed E-state index contributed by atoms with van der Waals surface area (Å²) in [7, 11) is 0. The second-order valence-electron chi connectivity index (χ2n) is 4.15. The monoisotopic (exact) mass is 344 g/mol. The highest BCUT2D eigenvalue weighted by Crippen LogP contribution is 2.29. The first kappa shape index (κ1) is 15.9. The number of anilines is 2. The van der Waals surface area contributed by atoms with Crippen LogP contribution >= 0.6 is 35.0 Å². The fourth-order valence-corrected chi connectivity index (χ4v) is 2.84. The zero-order valence-electron chi connectivity index (χ0n) is 10.7. The zero-order valence-corrected chi connectivity index (χ0v) is 13.0. The van der Waals surface area contributed by atoms with Crippen molar-refractivity contribution in [2.75, 3.05) is 16.8 Å². The summed E-state index contributed by atoms with van der Waals surface area (Å²) in [6, 6.07) is 8.87. The highest BCUT2D eigenvalue weighted by Gasteiger charge is 2.09. The van der Waals surface area contributed by atoms with Crippen LogP contribution in [-0.4, -0.2) is 11.7 Å². The van der Waals surface area contributed by atoms with Gasteiger partial charge in [-0.05, 0) is 36.4 Å². The van der Waals surface area contributed by atoms with E-state index in [1.54, 1.807) is 18.2 Å². The van der Waals surface area contributed by atoms with Crippen LogP contribution in [0.3, 0.4) is 0 Å². The lowest BCUT2D eigenvalue weighted by atomic mass is 10.3. The molecule has 0 heterocycles. The normalized spacial score (nSPS) is 10.4. The Kier molecular flexibility index (Phi) is 5.33. The molecule has 0 spiro atoms. The summed E-state index contributed by atoms with van der Waals surface area (Å²) < 4.78 is 12.9. The highest BCUT2D eigenvalue weighted by atomic mass is 35.5. The number of thioether (sulfide) groups is 1. The number of nitrogens with two attached hydrogens (primary N) is 1. The van der Waals surface area contributed by atoms with Gasteiger partial charge in [0.05, 0.1) is 21.5 Å². The lowest BCUT2D eigenvalue weighted by Crippen LogP contribution is -2.14. The van der Waals surface area contributed by atoms with Gasteiger partial charge in [-0.3, -0.25) is 4.79 Å². The third kappa shape index (κ3) is 4.52. The van der Waals surface area contributed by atoms with E-state index in [1.807, 2.05) is 0 Å². The van der Waals surface area contributed by atoms with Crippen molar-refractivity contribution in [1.82, 2.24) is 0 Å². The summed E-state index contributed by atoms with van der Waals surface area (Å²) >= 11 is 13.1. The standard InChI is InChI=1S/C14H11Cl2FN2OS/c15-10-5-8(17)1-3-12(10)19-14(20)7-21-13-4-2-9(18)6-11(13)16/h1-6H,7,18H2,(H,19,20). The summed E-state index contributed by atoms with van der Waals surface area (Å²) in [4.78, 5) is 12.6. The summed E-state index contributed by atoms with van der Waals surface area (Å²) in [6.07, 6.45) is 0. The molecule has 2 rings (SSSR count). The van der Waals surface area contributed by atoms with E-state index in [9.17, 15) is 9.18 Å². The second-order valence-corrected chi connectivity index (χ2v) is 5.98. The quantitative estimate of drug-likeness (QED) is 0.636. The minimum atomic E-state index is -0.457. The van der Waals surface area contributed by atoms with Crippen LogP contribution < -0.4 is 11.1 Å². The first-order valence-electron chi connectivity index (χ1n) is 5.88. The average molecular weight is 345 g/mol. The SMILES string of the molecule is Nc1ccc(SCC(=O)Nc2ccc(F)cc2Cl)c(Cl)c1. The maximum absolute atomic E-state index is 12.9. The number of rotatable bonds is 4. The second kappa shape index (κ2) is 7.02. The molecule has 0 atom stereocenters. The third-order valence-corrected chi connectivity index (χ3v) is 4.33. The molecular weight excluding hydrogens is 334 g/mol. The van der Waals surface area contributed by atoms with Crippen molar-refractivity contribution in [1.29, 1.82) is 0 Å². The molecule has 7 heteroatoms. The van der Waals surface area contributed by atoms with Gasteiger partial charge in [0.25, 0.3) is 0 Å². The van der Waals surface area contributed by atoms with Crippen LogP contribution in [-0.2, 0) is 4.79 Å². The Morgan fingerprint density at radius 1 is 1.19 bits per heavy atom. The van der Waals surface area contributed by atoms with E-state index in [0.717, 1.165) is 11.0 Å². The van der Waals surface area contributed by atoms with Crippen LogP contribution in [0.4, 0.5) is 15.8 Å². The molecule has 3 nitrogen and oxygen atoms in total. The topological polar surface area (TPSA) is 55.1 Å². The lowest BCUT2D eigenvalue weighted by Gasteiger charge is -2.08. The Morgan fingerprint density at radius 2 is 1.95 bits per heavy atom. The van der Waals surface area contributed by atoms with Crippen molar-refractivity contribution >= 4 is 52.2 Å². The lowest BCUT2D eigenvalue weighted by molar-refractivity contribution is -0.113. The van der Waals surface area contributed by atoms with E-state index < -0.39 is 5.82 Å². The van der Waals surface area contributed by atoms with Crippen LogP contribution in [0.25, 0.3) is 0 Å². The molecule has 2 aromatic carbocycles. The molecule has 3 N–H and O–H groups in total. The Balaban J connectivity index is 1.96. The van der Waals surface area contributed by atoms with Crippen molar-refractivity contribution < 1.29 is 9.18 Å². The van der Waals surface area contributed by atoms with Crippen LogP contribution in [0.15, 0.2) is 41.3 Å². The summed E-state index contributed by atoms with van der Waals surface area (Å²) in [5, 5.41) is 3.26. The molecule has 0 bridgehead atoms. The number of nitrogens with one attached hydrogen (secondary N) is 1. The van der Waals surface area contributed by atoms with Crippen molar-refractivity contribution in [3.63, 3.8) is 0 Å². The van der Waals surface area contributed by atoms with Crippen LogP contribution in [0, 0.1) is 5.82 Å². The van der Waals surface area contributed by atoms with Gasteiger partial charge >= 0.3 is 0 Å². The fourth-order valence-electron chi connectivity index (χ4n) is 1.55. The molecule has 1 amide bonds. The number of amides is 1. The third-order valence-electron chi connectivity index (χ3n) is 2.52. The minimum Gasteiger partial charge on any atom is -0.399 e. The van der Waals surface area contributed by atoms with Gasteiger partial charge < -0.3 is 11.1 Å². The molecule has 110 valence electrons. The Morgan fingerprint density at radius 3 is 2.62 bits per heavy atom. The smallest absolute Gasteiger partial charge is 0.234 e. The molecule has 0 aromatic heterocycles. The Hall–Kier alpha value is -1.43. The largest absolute Gasteiger partial charge is 0.399 e. The average Bonchev–Trinajstić information content (AvgIpc) is 2.41. The molecule has 0 fully saturated rings. The molecule has 2 aromatic rings. The molecular formula is C14H11Cl2FN2OS. The van der Waals surface area contributed by atoms with Gasteiger partial charge in [-0.1, -0.05) is 23.2 Å². The summed E-state index contributed by atoms with van der Waals surface area (Å²) in [5.74, 6) is -0.570. The zero-order chi connectivity index (χ0) is 15.4. The first-order chi connectivity index (χ1) is 9.95. The van der Waals surface area contributed by atoms with E-state index in [0.29, 0.717) is 16.4 Å². The van der Waals surface area contributed by atoms with Gasteiger partial charge in [0.1, 0.15) is 5.82 Å². The van der Waals surface area contributed by atoms with Crippen molar-refractivity contribution in [2.45, 2.75) is 4.90 Å². The number of nitrogen functional groups attached to an aromatic ring is 1. The van der Waals surface area contributed by atoms with E-state index >= 15 is 0 Å². The molecule has 0 aliphatic carbocycles. The van der Waals surface area contributed by atoms with Gasteiger partial charge in [0, 0.05) is 10.6 Å². The number of hydrogen-bond acceptors (Lipinski definition) is 3. The highest BCUT2D eigenvalue weighted by molar-refractivity contribution is 8.00. The molecule has 0 saturated heterocycles. The summed E-state index contributed by atoms with van der Waals surface area (Å²) in [5.41, 5.74) is 6.53. The van der Waals surface area contributed by atoms with Gasteiger partial charge in [-0.2, -0.15) is 0 Å². The fraction of sp³-hybridized carbons (Fsp3) is 0.0714.